The van der Waals surface area contributed by atoms with Crippen molar-refractivity contribution in [3.05, 3.63) is 85.7 Å². The predicted molar refractivity (Wildman–Crippen MR) is 126 cm³/mol. The number of nitro groups is 1. The van der Waals surface area contributed by atoms with Gasteiger partial charge in [0.15, 0.2) is 0 Å². The Kier molecular flexibility index (Phi) is 6.91. The van der Waals surface area contributed by atoms with Crippen LogP contribution < -0.4 is 10.6 Å². The van der Waals surface area contributed by atoms with Crippen molar-refractivity contribution in [1.82, 2.24) is 15.1 Å². The Hall–Kier alpha value is -4.01. The highest BCUT2D eigenvalue weighted by Gasteiger charge is 2.21. The first-order valence-electron chi connectivity index (χ1n) is 10.5. The molecular formula is C24H27N5O4. The van der Waals surface area contributed by atoms with Gasteiger partial charge in [-0.1, -0.05) is 29.8 Å². The van der Waals surface area contributed by atoms with Crippen molar-refractivity contribution in [2.24, 2.45) is 0 Å². The van der Waals surface area contributed by atoms with E-state index in [0.29, 0.717) is 23.5 Å². The number of aromatic nitrogens is 2. The Morgan fingerprint density at radius 3 is 2.18 bits per heavy atom. The first-order chi connectivity index (χ1) is 15.6. The summed E-state index contributed by atoms with van der Waals surface area (Å²) < 4.78 is 1.57. The van der Waals surface area contributed by atoms with E-state index in [1.54, 1.807) is 42.8 Å². The van der Waals surface area contributed by atoms with Crippen molar-refractivity contribution in [3.63, 3.8) is 0 Å². The molecule has 2 aromatic carbocycles. The summed E-state index contributed by atoms with van der Waals surface area (Å²) in [4.78, 5) is 35.5. The lowest BCUT2D eigenvalue weighted by Crippen LogP contribution is -2.33. The number of amides is 2. The summed E-state index contributed by atoms with van der Waals surface area (Å²) in [5.41, 5.74) is 5.92. The summed E-state index contributed by atoms with van der Waals surface area (Å²) in [6.07, 6.45) is 0. The second-order valence-electron chi connectivity index (χ2n) is 8.14. The third-order valence-electron chi connectivity index (χ3n) is 5.43. The van der Waals surface area contributed by atoms with Crippen LogP contribution in [0.2, 0.25) is 0 Å². The normalized spacial score (nSPS) is 10.7. The topological polar surface area (TPSA) is 119 Å². The second-order valence-corrected chi connectivity index (χ2v) is 8.14. The first kappa shape index (κ1) is 23.6. The Morgan fingerprint density at radius 1 is 1.03 bits per heavy atom. The van der Waals surface area contributed by atoms with Gasteiger partial charge in [0.1, 0.15) is 11.4 Å². The lowest BCUT2D eigenvalue weighted by Gasteiger charge is -2.13. The molecule has 3 rings (SSSR count). The average molecular weight is 450 g/mol. The van der Waals surface area contributed by atoms with Crippen LogP contribution in [0.1, 0.15) is 44.0 Å². The molecule has 0 bridgehead atoms. The maximum absolute atomic E-state index is 12.4. The SMILES string of the molecule is Cc1cc(C)c(NC(=O)CNC(=O)c2ccc(Cn3nc(C)c([N+](=O)[O-])c3C)cc2)c(C)c1. The van der Waals surface area contributed by atoms with Crippen molar-refractivity contribution >= 4 is 23.2 Å². The van der Waals surface area contributed by atoms with Crippen molar-refractivity contribution in [1.29, 1.82) is 0 Å². The van der Waals surface area contributed by atoms with E-state index in [9.17, 15) is 19.7 Å². The van der Waals surface area contributed by atoms with Crippen LogP contribution in [0, 0.1) is 44.7 Å². The van der Waals surface area contributed by atoms with Gasteiger partial charge in [0.25, 0.3) is 5.91 Å². The molecule has 1 aromatic heterocycles. The smallest absolute Gasteiger partial charge is 0.312 e. The second kappa shape index (κ2) is 9.64. The molecule has 0 fully saturated rings. The minimum absolute atomic E-state index is 0.0142. The summed E-state index contributed by atoms with van der Waals surface area (Å²) >= 11 is 0. The average Bonchev–Trinajstić information content (AvgIpc) is 3.02. The monoisotopic (exact) mass is 449 g/mol. The van der Waals surface area contributed by atoms with Gasteiger partial charge >= 0.3 is 5.69 Å². The number of hydrogen-bond donors (Lipinski definition) is 2. The molecule has 0 saturated carbocycles. The molecule has 2 N–H and O–H groups in total. The summed E-state index contributed by atoms with van der Waals surface area (Å²) in [6.45, 7) is 9.32. The number of carbonyl (C=O) groups excluding carboxylic acids is 2. The number of hydrogen-bond acceptors (Lipinski definition) is 5. The zero-order chi connectivity index (χ0) is 24.3. The standard InChI is InChI=1S/C24H27N5O4/c1-14-10-15(2)22(16(3)11-14)26-21(30)12-25-24(31)20-8-6-19(7-9-20)13-28-18(5)23(29(32)33)17(4)27-28/h6-11H,12-13H2,1-5H3,(H,25,31)(H,26,30). The Balaban J connectivity index is 1.59. The van der Waals surface area contributed by atoms with E-state index in [1.807, 2.05) is 32.9 Å². The third kappa shape index (κ3) is 5.43. The molecule has 172 valence electrons. The van der Waals surface area contributed by atoms with E-state index < -0.39 is 4.92 Å². The highest BCUT2D eigenvalue weighted by atomic mass is 16.6. The number of nitrogens with one attached hydrogen (secondary N) is 2. The fourth-order valence-electron chi connectivity index (χ4n) is 3.86. The summed E-state index contributed by atoms with van der Waals surface area (Å²) in [7, 11) is 0. The summed E-state index contributed by atoms with van der Waals surface area (Å²) in [5.74, 6) is -0.669. The van der Waals surface area contributed by atoms with Gasteiger partial charge in [0.2, 0.25) is 5.91 Å². The van der Waals surface area contributed by atoms with Crippen LogP contribution in [-0.4, -0.2) is 33.1 Å². The molecule has 0 aliphatic carbocycles. The zero-order valence-corrected chi connectivity index (χ0v) is 19.4. The van der Waals surface area contributed by atoms with Gasteiger partial charge in [0, 0.05) is 11.3 Å². The van der Waals surface area contributed by atoms with Gasteiger partial charge in [0.05, 0.1) is 18.0 Å². The zero-order valence-electron chi connectivity index (χ0n) is 19.4. The molecule has 0 saturated heterocycles. The van der Waals surface area contributed by atoms with E-state index in [2.05, 4.69) is 15.7 Å². The van der Waals surface area contributed by atoms with Crippen molar-refractivity contribution in [2.75, 3.05) is 11.9 Å². The molecule has 33 heavy (non-hydrogen) atoms. The summed E-state index contributed by atoms with van der Waals surface area (Å²) in [6, 6.07) is 10.8. The molecule has 0 atom stereocenters. The molecule has 3 aromatic rings. The van der Waals surface area contributed by atoms with Gasteiger partial charge in [-0.2, -0.15) is 5.10 Å². The van der Waals surface area contributed by atoms with Gasteiger partial charge in [-0.05, 0) is 63.4 Å². The van der Waals surface area contributed by atoms with E-state index in [-0.39, 0.29) is 24.0 Å². The van der Waals surface area contributed by atoms with Gasteiger partial charge in [-0.3, -0.25) is 24.4 Å². The highest BCUT2D eigenvalue weighted by Crippen LogP contribution is 2.23. The van der Waals surface area contributed by atoms with Crippen LogP contribution in [-0.2, 0) is 11.3 Å². The third-order valence-corrected chi connectivity index (χ3v) is 5.43. The number of benzene rings is 2. The number of anilines is 1. The van der Waals surface area contributed by atoms with Crippen LogP contribution in [0.5, 0.6) is 0 Å². The Bertz CT molecular complexity index is 1210. The minimum Gasteiger partial charge on any atom is -0.343 e. The maximum atomic E-state index is 12.4. The molecule has 9 nitrogen and oxygen atoms in total. The predicted octanol–water partition coefficient (Wildman–Crippen LogP) is 3.75. The molecule has 2 amide bonds. The number of nitrogens with zero attached hydrogens (tertiary/aromatic N) is 3. The molecule has 0 aliphatic heterocycles. The van der Waals surface area contributed by atoms with Crippen LogP contribution in [0.3, 0.4) is 0 Å². The van der Waals surface area contributed by atoms with Crippen molar-refractivity contribution < 1.29 is 14.5 Å². The van der Waals surface area contributed by atoms with Gasteiger partial charge in [-0.15, -0.1) is 0 Å². The van der Waals surface area contributed by atoms with E-state index in [1.165, 1.54) is 0 Å². The van der Waals surface area contributed by atoms with Crippen LogP contribution >= 0.6 is 0 Å². The van der Waals surface area contributed by atoms with Crippen molar-refractivity contribution in [3.8, 4) is 0 Å². The molecule has 0 spiro atoms. The van der Waals surface area contributed by atoms with Crippen LogP contribution in [0.25, 0.3) is 0 Å². The highest BCUT2D eigenvalue weighted by molar-refractivity contribution is 5.99. The van der Waals surface area contributed by atoms with E-state index in [0.717, 1.165) is 27.9 Å². The molecule has 1 heterocycles. The van der Waals surface area contributed by atoms with Crippen LogP contribution in [0.4, 0.5) is 11.4 Å². The summed E-state index contributed by atoms with van der Waals surface area (Å²) in [5, 5.41) is 20.9. The lowest BCUT2D eigenvalue weighted by atomic mass is 10.1. The Morgan fingerprint density at radius 2 is 1.64 bits per heavy atom. The molecule has 9 heteroatoms. The van der Waals surface area contributed by atoms with E-state index in [4.69, 9.17) is 0 Å². The Labute approximate surface area is 192 Å². The maximum Gasteiger partial charge on any atom is 0.312 e. The molecule has 0 unspecified atom stereocenters. The van der Waals surface area contributed by atoms with Crippen LogP contribution in [0.15, 0.2) is 36.4 Å². The first-order valence-corrected chi connectivity index (χ1v) is 10.5. The quantitative estimate of drug-likeness (QED) is 0.421. The molecule has 0 radical (unpaired) electrons. The number of aryl methyl sites for hydroxylation is 4. The van der Waals surface area contributed by atoms with Gasteiger partial charge in [-0.25, -0.2) is 0 Å². The lowest BCUT2D eigenvalue weighted by molar-refractivity contribution is -0.386. The molecular weight excluding hydrogens is 422 g/mol. The molecule has 0 aliphatic rings. The van der Waals surface area contributed by atoms with Gasteiger partial charge < -0.3 is 10.6 Å². The fraction of sp³-hybridized carbons (Fsp3) is 0.292. The number of carbonyl (C=O) groups is 2. The van der Waals surface area contributed by atoms with E-state index >= 15 is 0 Å². The largest absolute Gasteiger partial charge is 0.343 e. The fourth-order valence-corrected chi connectivity index (χ4v) is 3.86. The van der Waals surface area contributed by atoms with Crippen molar-refractivity contribution in [2.45, 2.75) is 41.2 Å². The number of rotatable bonds is 7. The minimum atomic E-state index is -0.431.